The SMILES string of the molecule is NCC(=O)c1cc(C(=O)c2cccc([N+](=O)[O-])c2)n2ncccc12. The van der Waals surface area contributed by atoms with Crippen molar-refractivity contribution in [3.05, 3.63) is 75.6 Å². The highest BCUT2D eigenvalue weighted by Gasteiger charge is 2.21. The average molecular weight is 324 g/mol. The quantitative estimate of drug-likeness (QED) is 0.432. The summed E-state index contributed by atoms with van der Waals surface area (Å²) in [5, 5.41) is 15.0. The summed E-state index contributed by atoms with van der Waals surface area (Å²) in [6.07, 6.45) is 1.48. The van der Waals surface area contributed by atoms with E-state index in [2.05, 4.69) is 5.10 Å². The lowest BCUT2D eigenvalue weighted by Crippen LogP contribution is -2.13. The molecule has 2 N–H and O–H groups in total. The molecule has 0 saturated carbocycles. The van der Waals surface area contributed by atoms with Crippen LogP contribution in [0.15, 0.2) is 48.7 Å². The molecule has 120 valence electrons. The highest BCUT2D eigenvalue weighted by atomic mass is 16.6. The first kappa shape index (κ1) is 15.5. The van der Waals surface area contributed by atoms with E-state index in [0.717, 1.165) is 0 Å². The van der Waals surface area contributed by atoms with E-state index < -0.39 is 10.7 Å². The summed E-state index contributed by atoms with van der Waals surface area (Å²) >= 11 is 0. The summed E-state index contributed by atoms with van der Waals surface area (Å²) in [4.78, 5) is 35.0. The van der Waals surface area contributed by atoms with E-state index in [1.54, 1.807) is 12.1 Å². The van der Waals surface area contributed by atoms with Crippen LogP contribution < -0.4 is 5.73 Å². The second-order valence-electron chi connectivity index (χ2n) is 5.03. The highest BCUT2D eigenvalue weighted by molar-refractivity contribution is 6.12. The summed E-state index contributed by atoms with van der Waals surface area (Å²) in [5.41, 5.74) is 6.25. The number of hydrogen-bond acceptors (Lipinski definition) is 6. The maximum absolute atomic E-state index is 12.7. The van der Waals surface area contributed by atoms with Gasteiger partial charge in [-0.05, 0) is 18.2 Å². The van der Waals surface area contributed by atoms with Crippen LogP contribution in [0, 0.1) is 10.1 Å². The number of rotatable bonds is 5. The Morgan fingerprint density at radius 2 is 2.00 bits per heavy atom. The fourth-order valence-electron chi connectivity index (χ4n) is 2.44. The number of aromatic nitrogens is 2. The molecule has 0 atom stereocenters. The number of fused-ring (bicyclic) bond motifs is 1. The van der Waals surface area contributed by atoms with Crippen molar-refractivity contribution in [2.45, 2.75) is 0 Å². The highest BCUT2D eigenvalue weighted by Crippen LogP contribution is 2.21. The smallest absolute Gasteiger partial charge is 0.270 e. The fraction of sp³-hybridized carbons (Fsp3) is 0.0625. The number of nitro groups is 1. The zero-order valence-corrected chi connectivity index (χ0v) is 12.4. The number of nitrogens with zero attached hydrogens (tertiary/aromatic N) is 3. The van der Waals surface area contributed by atoms with E-state index in [0.29, 0.717) is 11.1 Å². The van der Waals surface area contributed by atoms with Crippen LogP contribution in [-0.4, -0.2) is 32.6 Å². The Morgan fingerprint density at radius 1 is 1.21 bits per heavy atom. The monoisotopic (exact) mass is 324 g/mol. The average Bonchev–Trinajstić information content (AvgIpc) is 3.00. The predicted octanol–water partition coefficient (Wildman–Crippen LogP) is 1.61. The van der Waals surface area contributed by atoms with E-state index in [1.165, 1.54) is 41.0 Å². The molecule has 3 aromatic rings. The summed E-state index contributed by atoms with van der Waals surface area (Å²) in [7, 11) is 0. The molecule has 0 fully saturated rings. The van der Waals surface area contributed by atoms with Crippen molar-refractivity contribution in [3.8, 4) is 0 Å². The molecule has 0 aliphatic carbocycles. The number of benzene rings is 1. The number of hydrogen-bond donors (Lipinski definition) is 1. The first-order chi connectivity index (χ1) is 11.5. The molecule has 0 saturated heterocycles. The van der Waals surface area contributed by atoms with Crippen molar-refractivity contribution in [3.63, 3.8) is 0 Å². The van der Waals surface area contributed by atoms with Crippen LogP contribution in [0.4, 0.5) is 5.69 Å². The van der Waals surface area contributed by atoms with Gasteiger partial charge in [-0.25, -0.2) is 4.52 Å². The third kappa shape index (κ3) is 2.55. The van der Waals surface area contributed by atoms with Crippen molar-refractivity contribution in [1.29, 1.82) is 0 Å². The number of Topliss-reactive ketones (excluding diaryl/α,β-unsaturated/α-hetero) is 1. The van der Waals surface area contributed by atoms with Crippen LogP contribution in [0.25, 0.3) is 5.52 Å². The van der Waals surface area contributed by atoms with Crippen molar-refractivity contribution in [2.75, 3.05) is 6.54 Å². The van der Waals surface area contributed by atoms with Crippen molar-refractivity contribution < 1.29 is 14.5 Å². The summed E-state index contributed by atoms with van der Waals surface area (Å²) < 4.78 is 1.34. The van der Waals surface area contributed by atoms with Crippen molar-refractivity contribution >= 4 is 22.8 Å². The van der Waals surface area contributed by atoms with Gasteiger partial charge in [-0.3, -0.25) is 19.7 Å². The second-order valence-corrected chi connectivity index (χ2v) is 5.03. The Labute approximate surface area is 135 Å². The molecular formula is C16H12N4O4. The lowest BCUT2D eigenvalue weighted by Gasteiger charge is -2.01. The standard InChI is InChI=1S/C16H12N4O4/c17-9-15(21)12-8-14(19-13(12)5-2-6-18-19)16(22)10-3-1-4-11(7-10)20(23)24/h1-8H,9,17H2. The minimum atomic E-state index is -0.575. The molecule has 3 rings (SSSR count). The summed E-state index contributed by atoms with van der Waals surface area (Å²) in [5.74, 6) is -0.790. The number of nitrogens with two attached hydrogens (primary N) is 1. The van der Waals surface area contributed by atoms with Gasteiger partial charge in [0.2, 0.25) is 5.78 Å². The topological polar surface area (TPSA) is 121 Å². The summed E-state index contributed by atoms with van der Waals surface area (Å²) in [6, 6.07) is 10.1. The second kappa shape index (κ2) is 6.01. The molecule has 0 bridgehead atoms. The zero-order chi connectivity index (χ0) is 17.3. The Balaban J connectivity index is 2.16. The molecule has 2 heterocycles. The van der Waals surface area contributed by atoms with Gasteiger partial charge in [-0.15, -0.1) is 0 Å². The Bertz CT molecular complexity index is 977. The van der Waals surface area contributed by atoms with Crippen LogP contribution in [0.1, 0.15) is 26.4 Å². The fourth-order valence-corrected chi connectivity index (χ4v) is 2.44. The van der Waals surface area contributed by atoms with Gasteiger partial charge >= 0.3 is 0 Å². The largest absolute Gasteiger partial charge is 0.324 e. The Hall–Kier alpha value is -3.39. The van der Waals surface area contributed by atoms with Crippen LogP contribution >= 0.6 is 0 Å². The van der Waals surface area contributed by atoms with Gasteiger partial charge in [0.25, 0.3) is 5.69 Å². The first-order valence-corrected chi connectivity index (χ1v) is 7.02. The molecule has 0 radical (unpaired) electrons. The molecule has 0 unspecified atom stereocenters. The lowest BCUT2D eigenvalue weighted by molar-refractivity contribution is -0.384. The Kier molecular flexibility index (Phi) is 3.88. The van der Waals surface area contributed by atoms with Gasteiger partial charge in [0, 0.05) is 29.5 Å². The number of non-ortho nitro benzene ring substituents is 1. The third-order valence-electron chi connectivity index (χ3n) is 3.57. The molecule has 8 heteroatoms. The number of carbonyl (C=O) groups is 2. The normalized spacial score (nSPS) is 10.7. The first-order valence-electron chi connectivity index (χ1n) is 7.02. The molecule has 0 amide bonds. The van der Waals surface area contributed by atoms with Gasteiger partial charge in [-0.2, -0.15) is 5.10 Å². The minimum Gasteiger partial charge on any atom is -0.324 e. The van der Waals surface area contributed by atoms with E-state index in [1.807, 2.05) is 0 Å². The van der Waals surface area contributed by atoms with Gasteiger partial charge in [0.05, 0.1) is 17.0 Å². The molecule has 0 spiro atoms. The maximum Gasteiger partial charge on any atom is 0.270 e. The van der Waals surface area contributed by atoms with Crippen LogP contribution in [0.2, 0.25) is 0 Å². The molecule has 1 aromatic carbocycles. The Morgan fingerprint density at radius 3 is 2.71 bits per heavy atom. The van der Waals surface area contributed by atoms with Crippen molar-refractivity contribution in [2.24, 2.45) is 5.73 Å². The number of nitro benzene ring substituents is 1. The molecule has 24 heavy (non-hydrogen) atoms. The van der Waals surface area contributed by atoms with E-state index >= 15 is 0 Å². The van der Waals surface area contributed by atoms with Gasteiger partial charge in [0.1, 0.15) is 5.69 Å². The molecule has 2 aromatic heterocycles. The molecular weight excluding hydrogens is 312 g/mol. The van der Waals surface area contributed by atoms with Crippen LogP contribution in [0.3, 0.4) is 0 Å². The van der Waals surface area contributed by atoms with Crippen molar-refractivity contribution in [1.82, 2.24) is 9.61 Å². The maximum atomic E-state index is 12.7. The van der Waals surface area contributed by atoms with Crippen LogP contribution in [0.5, 0.6) is 0 Å². The summed E-state index contributed by atoms with van der Waals surface area (Å²) in [6.45, 7) is -0.195. The third-order valence-corrected chi connectivity index (χ3v) is 3.57. The number of ketones is 2. The predicted molar refractivity (Wildman–Crippen MR) is 85.1 cm³/mol. The van der Waals surface area contributed by atoms with E-state index in [-0.39, 0.29) is 29.3 Å². The van der Waals surface area contributed by atoms with E-state index in [9.17, 15) is 19.7 Å². The minimum absolute atomic E-state index is 0.140. The number of carbonyl (C=O) groups excluding carboxylic acids is 2. The van der Waals surface area contributed by atoms with Crippen LogP contribution in [-0.2, 0) is 0 Å². The molecule has 8 nitrogen and oxygen atoms in total. The van der Waals surface area contributed by atoms with Gasteiger partial charge in [-0.1, -0.05) is 12.1 Å². The van der Waals surface area contributed by atoms with Gasteiger partial charge in [0.15, 0.2) is 5.78 Å². The van der Waals surface area contributed by atoms with Gasteiger partial charge < -0.3 is 5.73 Å². The lowest BCUT2D eigenvalue weighted by atomic mass is 10.1. The molecule has 0 aliphatic rings. The zero-order valence-electron chi connectivity index (χ0n) is 12.4. The molecule has 0 aliphatic heterocycles. The van der Waals surface area contributed by atoms with E-state index in [4.69, 9.17) is 5.73 Å².